The van der Waals surface area contributed by atoms with Crippen LogP contribution in [0.4, 0.5) is 0 Å². The smallest absolute Gasteiger partial charge is 0.119 e. The first-order valence-corrected chi connectivity index (χ1v) is 45.7. The summed E-state index contributed by atoms with van der Waals surface area (Å²) in [5, 5.41) is 0. The van der Waals surface area contributed by atoms with Gasteiger partial charge in [0.2, 0.25) is 0 Å². The Labute approximate surface area is 712 Å². The molecule has 616 valence electrons. The zero-order chi connectivity index (χ0) is 81.8. The third-order valence-electron chi connectivity index (χ3n) is 22.1. The Morgan fingerprint density at radius 2 is 0.364 bits per heavy atom. The number of hydrogen-bond acceptors (Lipinski definition) is 4. The van der Waals surface area contributed by atoms with Gasteiger partial charge in [0, 0.05) is 0 Å². The van der Waals surface area contributed by atoms with Crippen LogP contribution in [-0.4, -0.2) is 26.4 Å². The summed E-state index contributed by atoms with van der Waals surface area (Å²) >= 11 is 0. The van der Waals surface area contributed by atoms with Crippen LogP contribution in [0.3, 0.4) is 0 Å². The summed E-state index contributed by atoms with van der Waals surface area (Å²) in [7, 11) is 0. The van der Waals surface area contributed by atoms with E-state index in [1.54, 1.807) is 0 Å². The Kier molecular flexibility index (Phi) is 41.6. The minimum absolute atomic E-state index is 0.745. The van der Waals surface area contributed by atoms with Gasteiger partial charge in [-0.2, -0.15) is 0 Å². The first kappa shape index (κ1) is 89.9. The van der Waals surface area contributed by atoms with Crippen LogP contribution in [0.2, 0.25) is 0 Å². The molecular weight excluding hydrogens is 1430 g/mol. The largest absolute Gasteiger partial charge is 0.494 e. The van der Waals surface area contributed by atoms with Crippen LogP contribution >= 0.6 is 0 Å². The van der Waals surface area contributed by atoms with Crippen LogP contribution in [0.15, 0.2) is 243 Å². The Hall–Kier alpha value is -10.4. The second-order valence-electron chi connectivity index (χ2n) is 32.2. The fourth-order valence-corrected chi connectivity index (χ4v) is 15.3. The van der Waals surface area contributed by atoms with Crippen molar-refractivity contribution in [2.45, 2.75) is 233 Å². The molecule has 0 heterocycles. The molecule has 0 aliphatic heterocycles. The molecule has 0 saturated carbocycles. The molecule has 0 radical (unpaired) electrons. The second-order valence-corrected chi connectivity index (χ2v) is 32.2. The Balaban J connectivity index is 0.884. The molecule has 0 N–H and O–H groups in total. The van der Waals surface area contributed by atoms with Crippen molar-refractivity contribution >= 4 is 84.1 Å². The highest BCUT2D eigenvalue weighted by Gasteiger charge is 2.17. The summed E-state index contributed by atoms with van der Waals surface area (Å²) in [6, 6.07) is 87.7. The minimum Gasteiger partial charge on any atom is -0.494 e. The molecule has 0 aliphatic rings. The van der Waals surface area contributed by atoms with Gasteiger partial charge < -0.3 is 18.9 Å². The van der Waals surface area contributed by atoms with E-state index in [-0.39, 0.29) is 0 Å². The maximum atomic E-state index is 6.30. The predicted octanol–water partition coefficient (Wildman–Crippen LogP) is 33.8. The highest BCUT2D eigenvalue weighted by Crippen LogP contribution is 2.38. The van der Waals surface area contributed by atoms with E-state index in [1.807, 2.05) is 0 Å². The molecule has 10 rings (SSSR count). The molecule has 0 aliphatic carbocycles. The zero-order valence-corrected chi connectivity index (χ0v) is 72.1. The van der Waals surface area contributed by atoms with Gasteiger partial charge in [-0.1, -0.05) is 438 Å². The van der Waals surface area contributed by atoms with Crippen LogP contribution in [-0.2, 0) is 0 Å². The lowest BCUT2D eigenvalue weighted by molar-refractivity contribution is 0.304. The maximum absolute atomic E-state index is 6.30. The van der Waals surface area contributed by atoms with Crippen LogP contribution in [0.5, 0.6) is 23.0 Å². The molecule has 0 spiro atoms. The van der Waals surface area contributed by atoms with E-state index < -0.39 is 0 Å². The predicted molar refractivity (Wildman–Crippen MR) is 515 cm³/mol. The number of rotatable bonds is 56. The molecule has 0 fully saturated rings. The maximum Gasteiger partial charge on any atom is 0.119 e. The van der Waals surface area contributed by atoms with Crippen molar-refractivity contribution in [3.05, 3.63) is 332 Å². The van der Waals surface area contributed by atoms with E-state index in [0.29, 0.717) is 0 Å². The topological polar surface area (TPSA) is 36.9 Å². The Morgan fingerprint density at radius 3 is 0.593 bits per heavy atom. The lowest BCUT2D eigenvalue weighted by Crippen LogP contribution is -1.97. The number of hydrogen-bond donors (Lipinski definition) is 0. The molecule has 10 aromatic rings. The summed E-state index contributed by atoms with van der Waals surface area (Å²) in [5.41, 5.74) is 20.3. The van der Waals surface area contributed by atoms with Crippen molar-refractivity contribution in [2.75, 3.05) is 26.4 Å². The van der Waals surface area contributed by atoms with Crippen molar-refractivity contribution in [3.63, 3.8) is 0 Å². The van der Waals surface area contributed by atoms with Gasteiger partial charge in [-0.25, -0.2) is 0 Å². The average Bonchev–Trinajstić information content (AvgIpc) is 0.781. The van der Waals surface area contributed by atoms with Crippen LogP contribution in [0.25, 0.3) is 84.1 Å². The first-order valence-electron chi connectivity index (χ1n) is 45.7. The molecule has 0 bridgehead atoms. The first-order chi connectivity index (χ1) is 58.4. The minimum atomic E-state index is 0.745. The lowest BCUT2D eigenvalue weighted by Gasteiger charge is -2.18. The molecule has 0 atom stereocenters. The molecular formula is C114H136O4. The van der Waals surface area contributed by atoms with Crippen molar-refractivity contribution in [1.82, 2.24) is 0 Å². The Bertz CT molecular complexity index is 4190. The van der Waals surface area contributed by atoms with E-state index in [9.17, 15) is 0 Å². The van der Waals surface area contributed by atoms with Crippen molar-refractivity contribution < 1.29 is 18.9 Å². The number of unbranched alkanes of at least 4 members (excludes halogenated alkanes) is 28. The lowest BCUT2D eigenvalue weighted by atomic mass is 9.85. The molecule has 0 unspecified atom stereocenters. The van der Waals surface area contributed by atoms with Crippen LogP contribution < -0.4 is 18.9 Å². The van der Waals surface area contributed by atoms with Gasteiger partial charge in [-0.05, 0) is 211 Å². The van der Waals surface area contributed by atoms with E-state index >= 15 is 0 Å². The third kappa shape index (κ3) is 34.3. The average molecular weight is 1570 g/mol. The second kappa shape index (κ2) is 54.5. The molecule has 0 amide bonds. The third-order valence-corrected chi connectivity index (χ3v) is 22.1. The standard InChI is InChI=1S/C114H136O4/c1-5-9-13-17-21-25-29-39-79-115-109-55-43-47-95(89-109)61-67-101-83-99(84-102(87-101)68-62-96-48-44-56-110(90-96)116-80-40-30-26-22-18-14-10-6-2)65-59-93-71-75-107(76-72-93)113(105-51-35-33-36-52-105)114(106-53-37-34-38-54-106)108-77-73-94(74-78-108)60-66-100-85-103(69-63-97-49-45-57-111(91-97)117-81-41-31-27-23-19-15-11-7-3)88-104(86-100)70-64-98-50-46-58-112(92-98)118-82-42-32-28-24-20-16-12-8-4/h33-38,43-78,83-92H,5-32,39-42,79-82H2,1-4H3/b65-59+,66-60+,67-61+,68-62+,69-63+,70-64+,114-113+. The number of benzene rings is 10. The summed E-state index contributed by atoms with van der Waals surface area (Å²) in [6.45, 7) is 12.1. The van der Waals surface area contributed by atoms with Crippen LogP contribution in [0.1, 0.15) is 322 Å². The molecule has 118 heavy (non-hydrogen) atoms. The highest BCUT2D eigenvalue weighted by molar-refractivity contribution is 6.05. The van der Waals surface area contributed by atoms with Gasteiger partial charge in [0.15, 0.2) is 0 Å². The monoisotopic (exact) mass is 1570 g/mol. The summed E-state index contributed by atoms with van der Waals surface area (Å²) in [5.74, 6) is 3.68. The molecule has 0 aromatic heterocycles. The van der Waals surface area contributed by atoms with E-state index in [2.05, 4.69) is 343 Å². The molecule has 4 heteroatoms. The summed E-state index contributed by atoms with van der Waals surface area (Å²) in [4.78, 5) is 0. The van der Waals surface area contributed by atoms with Gasteiger partial charge in [0.05, 0.1) is 26.4 Å². The highest BCUT2D eigenvalue weighted by atomic mass is 16.5. The van der Waals surface area contributed by atoms with Crippen molar-refractivity contribution in [1.29, 1.82) is 0 Å². The fraction of sp³-hybridized carbons (Fsp3) is 0.351. The Morgan fingerprint density at radius 1 is 0.169 bits per heavy atom. The fourth-order valence-electron chi connectivity index (χ4n) is 15.3. The van der Waals surface area contributed by atoms with Gasteiger partial charge in [0.1, 0.15) is 23.0 Å². The SMILES string of the molecule is CCCCCCCCCCOc1cccc(/C=C/c2cc(/C=C/c3ccc(/C(=C(\c4ccccc4)c4ccc(/C=C/c5cc(/C=C/c6cccc(OCCCCCCCCCC)c6)cc(/C=C/c6cccc(OCCCCCCCCCC)c6)c5)cc4)c4ccccc4)cc3)cc(/C=C/c3cccc(OCCCCCCCCCC)c3)c2)c1. The van der Waals surface area contributed by atoms with Gasteiger partial charge in [0.25, 0.3) is 0 Å². The van der Waals surface area contributed by atoms with E-state index in [1.165, 1.54) is 191 Å². The van der Waals surface area contributed by atoms with Crippen molar-refractivity contribution in [2.24, 2.45) is 0 Å². The van der Waals surface area contributed by atoms with Gasteiger partial charge >= 0.3 is 0 Å². The number of ether oxygens (including phenoxy) is 4. The molecule has 4 nitrogen and oxygen atoms in total. The van der Waals surface area contributed by atoms with E-state index in [4.69, 9.17) is 18.9 Å². The van der Waals surface area contributed by atoms with Crippen LogP contribution in [0, 0.1) is 0 Å². The quantitative estimate of drug-likeness (QED) is 0.0281. The molecule has 10 aromatic carbocycles. The normalized spacial score (nSPS) is 12.0. The van der Waals surface area contributed by atoms with Gasteiger partial charge in [-0.3, -0.25) is 0 Å². The van der Waals surface area contributed by atoms with Gasteiger partial charge in [-0.15, -0.1) is 0 Å². The molecule has 0 saturated heterocycles. The summed E-state index contributed by atoms with van der Waals surface area (Å²) in [6.07, 6.45) is 67.7. The zero-order valence-electron chi connectivity index (χ0n) is 72.1. The summed E-state index contributed by atoms with van der Waals surface area (Å²) < 4.78 is 25.2. The van der Waals surface area contributed by atoms with Crippen molar-refractivity contribution in [3.8, 4) is 23.0 Å². The van der Waals surface area contributed by atoms with E-state index in [0.717, 1.165) is 164 Å².